The van der Waals surface area contributed by atoms with Crippen LogP contribution < -0.4 is 5.32 Å². The van der Waals surface area contributed by atoms with Gasteiger partial charge in [-0.25, -0.2) is 13.4 Å². The number of thiazole rings is 1. The average molecular weight is 431 g/mol. The molecule has 1 saturated heterocycles. The van der Waals surface area contributed by atoms with Crippen molar-refractivity contribution in [3.8, 4) is 5.69 Å². The topological polar surface area (TPSA) is 84.3 Å². The van der Waals surface area contributed by atoms with Gasteiger partial charge in [-0.1, -0.05) is 0 Å². The highest BCUT2D eigenvalue weighted by molar-refractivity contribution is 7.89. The number of rotatable bonds is 5. The minimum Gasteiger partial charge on any atom is -0.324 e. The fourth-order valence-corrected chi connectivity index (χ4v) is 5.58. The first kappa shape index (κ1) is 19.8. The van der Waals surface area contributed by atoms with Crippen molar-refractivity contribution in [2.45, 2.75) is 24.7 Å². The zero-order valence-corrected chi connectivity index (χ0v) is 17.6. The number of hydrogen-bond donors (Lipinski definition) is 1. The molecule has 29 heavy (non-hydrogen) atoms. The van der Waals surface area contributed by atoms with Crippen LogP contribution in [0.15, 0.2) is 59.1 Å². The Morgan fingerprint density at radius 1 is 1.14 bits per heavy atom. The number of sulfonamides is 1. The molecule has 0 aliphatic carbocycles. The van der Waals surface area contributed by atoms with Crippen molar-refractivity contribution in [1.29, 1.82) is 0 Å². The van der Waals surface area contributed by atoms with Gasteiger partial charge >= 0.3 is 0 Å². The molecule has 1 fully saturated rings. The van der Waals surface area contributed by atoms with Crippen LogP contribution in [0.4, 0.5) is 5.13 Å². The Bertz CT molecular complexity index is 1080. The molecule has 9 heteroatoms. The lowest BCUT2D eigenvalue weighted by Crippen LogP contribution is -2.41. The van der Waals surface area contributed by atoms with E-state index >= 15 is 0 Å². The maximum Gasteiger partial charge on any atom is 0.243 e. The van der Waals surface area contributed by atoms with Crippen LogP contribution in [-0.4, -0.2) is 41.3 Å². The molecule has 1 amide bonds. The summed E-state index contributed by atoms with van der Waals surface area (Å²) in [6.07, 6.45) is 4.81. The van der Waals surface area contributed by atoms with Crippen molar-refractivity contribution in [2.75, 3.05) is 18.4 Å². The predicted molar refractivity (Wildman–Crippen MR) is 113 cm³/mol. The quantitative estimate of drug-likeness (QED) is 0.673. The van der Waals surface area contributed by atoms with Gasteiger partial charge in [0.15, 0.2) is 5.13 Å². The summed E-state index contributed by atoms with van der Waals surface area (Å²) in [7, 11) is -3.57. The number of hydrogen-bond acceptors (Lipinski definition) is 5. The Morgan fingerprint density at radius 3 is 2.38 bits per heavy atom. The van der Waals surface area contributed by atoms with Gasteiger partial charge in [0.25, 0.3) is 0 Å². The number of nitrogens with one attached hydrogen (secondary N) is 1. The van der Waals surface area contributed by atoms with Gasteiger partial charge in [-0.2, -0.15) is 4.31 Å². The van der Waals surface area contributed by atoms with E-state index < -0.39 is 10.0 Å². The zero-order valence-electron chi connectivity index (χ0n) is 16.0. The molecule has 152 valence electrons. The molecule has 0 saturated carbocycles. The number of carbonyl (C=O) groups is 1. The van der Waals surface area contributed by atoms with Crippen LogP contribution in [0, 0.1) is 12.8 Å². The molecule has 0 unspecified atom stereocenters. The van der Waals surface area contributed by atoms with E-state index in [0.29, 0.717) is 31.1 Å². The van der Waals surface area contributed by atoms with Crippen LogP contribution in [0.5, 0.6) is 0 Å². The summed E-state index contributed by atoms with van der Waals surface area (Å²) in [6, 6.07) is 10.7. The van der Waals surface area contributed by atoms with Crippen LogP contribution in [0.1, 0.15) is 18.5 Å². The van der Waals surface area contributed by atoms with E-state index in [-0.39, 0.29) is 16.7 Å². The van der Waals surface area contributed by atoms with E-state index in [9.17, 15) is 13.2 Å². The number of piperidine rings is 1. The highest BCUT2D eigenvalue weighted by Gasteiger charge is 2.32. The Hall–Kier alpha value is -2.49. The largest absolute Gasteiger partial charge is 0.324 e. The molecule has 0 radical (unpaired) electrons. The van der Waals surface area contributed by atoms with E-state index in [1.54, 1.807) is 24.3 Å². The molecule has 2 aromatic heterocycles. The van der Waals surface area contributed by atoms with Gasteiger partial charge in [-0.3, -0.25) is 4.79 Å². The number of amides is 1. The number of aromatic nitrogens is 2. The third kappa shape index (κ3) is 4.26. The van der Waals surface area contributed by atoms with Gasteiger partial charge in [0.1, 0.15) is 0 Å². The van der Waals surface area contributed by atoms with Gasteiger partial charge in [0.2, 0.25) is 15.9 Å². The second-order valence-electron chi connectivity index (χ2n) is 7.05. The first-order valence-electron chi connectivity index (χ1n) is 9.40. The van der Waals surface area contributed by atoms with Gasteiger partial charge in [-0.15, -0.1) is 11.3 Å². The van der Waals surface area contributed by atoms with Crippen LogP contribution in [0.3, 0.4) is 0 Å². The van der Waals surface area contributed by atoms with Crippen molar-refractivity contribution in [2.24, 2.45) is 5.92 Å². The normalized spacial score (nSPS) is 16.0. The van der Waals surface area contributed by atoms with Gasteiger partial charge in [-0.05, 0) is 56.2 Å². The van der Waals surface area contributed by atoms with E-state index in [1.165, 1.54) is 15.6 Å². The van der Waals surface area contributed by atoms with Crippen LogP contribution >= 0.6 is 11.3 Å². The molecule has 1 aromatic carbocycles. The molecule has 0 spiro atoms. The fraction of sp³-hybridized carbons (Fsp3) is 0.300. The Labute approximate surface area is 174 Å². The molecule has 1 N–H and O–H groups in total. The lowest BCUT2D eigenvalue weighted by molar-refractivity contribution is -0.120. The first-order valence-corrected chi connectivity index (χ1v) is 11.7. The monoisotopic (exact) mass is 430 g/mol. The molecule has 0 atom stereocenters. The number of aryl methyl sites for hydroxylation is 1. The van der Waals surface area contributed by atoms with Crippen molar-refractivity contribution >= 4 is 32.4 Å². The molecule has 1 aliphatic heterocycles. The lowest BCUT2D eigenvalue weighted by Gasteiger charge is -2.30. The maximum atomic E-state index is 13.0. The van der Waals surface area contributed by atoms with Crippen molar-refractivity contribution < 1.29 is 13.2 Å². The van der Waals surface area contributed by atoms with Crippen molar-refractivity contribution in [3.63, 3.8) is 0 Å². The number of nitrogens with zero attached hydrogens (tertiary/aromatic N) is 3. The summed E-state index contributed by atoms with van der Waals surface area (Å²) in [6.45, 7) is 2.54. The standard InChI is InChI=1S/C20H22N4O3S2/c1-15-14-28-20(21-15)22-19(25)16-8-12-24(13-9-16)29(26,27)18-6-4-17(5-7-18)23-10-2-3-11-23/h2-7,10-11,14,16H,8-9,12-13H2,1H3,(H,21,22,25). The Morgan fingerprint density at radius 2 is 1.79 bits per heavy atom. The minimum atomic E-state index is -3.57. The molecule has 3 aromatic rings. The number of carbonyl (C=O) groups excluding carboxylic acids is 1. The third-order valence-corrected chi connectivity index (χ3v) is 7.84. The predicted octanol–water partition coefficient (Wildman–Crippen LogP) is 3.28. The Balaban J connectivity index is 1.39. The lowest BCUT2D eigenvalue weighted by atomic mass is 9.97. The summed E-state index contributed by atoms with van der Waals surface area (Å²) in [4.78, 5) is 17.0. The van der Waals surface area contributed by atoms with E-state index in [1.807, 2.05) is 41.4 Å². The first-order chi connectivity index (χ1) is 13.9. The second-order valence-corrected chi connectivity index (χ2v) is 9.84. The summed E-state index contributed by atoms with van der Waals surface area (Å²) >= 11 is 1.39. The number of benzene rings is 1. The molecule has 0 bridgehead atoms. The van der Waals surface area contributed by atoms with Crippen molar-refractivity contribution in [3.05, 3.63) is 59.9 Å². The Kier molecular flexibility index (Phi) is 5.53. The van der Waals surface area contributed by atoms with Gasteiger partial charge < -0.3 is 9.88 Å². The SMILES string of the molecule is Cc1csc(NC(=O)C2CCN(S(=O)(=O)c3ccc(-n4cccc4)cc3)CC2)n1. The molecule has 3 heterocycles. The number of anilines is 1. The van der Waals surface area contributed by atoms with Crippen LogP contribution in [0.25, 0.3) is 5.69 Å². The molecule has 4 rings (SSSR count). The van der Waals surface area contributed by atoms with E-state index in [0.717, 1.165) is 11.4 Å². The summed E-state index contributed by atoms with van der Waals surface area (Å²) in [5.74, 6) is -0.297. The van der Waals surface area contributed by atoms with Crippen LogP contribution in [-0.2, 0) is 14.8 Å². The highest BCUT2D eigenvalue weighted by Crippen LogP contribution is 2.26. The summed E-state index contributed by atoms with van der Waals surface area (Å²) in [5, 5.41) is 5.31. The molecule has 1 aliphatic rings. The molecule has 7 nitrogen and oxygen atoms in total. The molecular weight excluding hydrogens is 408 g/mol. The van der Waals surface area contributed by atoms with Crippen molar-refractivity contribution in [1.82, 2.24) is 13.9 Å². The highest BCUT2D eigenvalue weighted by atomic mass is 32.2. The maximum absolute atomic E-state index is 13.0. The third-order valence-electron chi connectivity index (χ3n) is 5.05. The summed E-state index contributed by atoms with van der Waals surface area (Å²) in [5.41, 5.74) is 1.77. The average Bonchev–Trinajstić information content (AvgIpc) is 3.40. The molecular formula is C20H22N4O3S2. The fourth-order valence-electron chi connectivity index (χ4n) is 3.42. The van der Waals surface area contributed by atoms with Gasteiger partial charge in [0, 0.05) is 42.5 Å². The van der Waals surface area contributed by atoms with Gasteiger partial charge in [0.05, 0.1) is 10.6 Å². The second kappa shape index (κ2) is 8.10. The zero-order chi connectivity index (χ0) is 20.4. The smallest absolute Gasteiger partial charge is 0.243 e. The van der Waals surface area contributed by atoms with E-state index in [4.69, 9.17) is 0 Å². The van der Waals surface area contributed by atoms with E-state index in [2.05, 4.69) is 10.3 Å². The minimum absolute atomic E-state index is 0.0903. The summed E-state index contributed by atoms with van der Waals surface area (Å²) < 4.78 is 29.3. The van der Waals surface area contributed by atoms with Crippen LogP contribution in [0.2, 0.25) is 0 Å².